The van der Waals surface area contributed by atoms with Gasteiger partial charge in [0.15, 0.2) is 5.65 Å². The number of nitrogens with one attached hydrogen (secondary N) is 1. The first-order valence-corrected chi connectivity index (χ1v) is 6.65. The molecule has 21 heavy (non-hydrogen) atoms. The lowest BCUT2D eigenvalue weighted by atomic mass is 9.95. The number of nitrogens with zero attached hydrogens (tertiary/aromatic N) is 4. The molecule has 1 aliphatic heterocycles. The van der Waals surface area contributed by atoms with Gasteiger partial charge in [-0.25, -0.2) is 9.97 Å². The van der Waals surface area contributed by atoms with Crippen LogP contribution < -0.4 is 9.64 Å². The number of aromatic nitrogens is 4. The minimum absolute atomic E-state index is 0.0146. The molecule has 4 N–H and O–H groups in total. The summed E-state index contributed by atoms with van der Waals surface area (Å²) in [5.74, 6) is 0.560. The monoisotopic (exact) mass is 295 g/mol. The minimum Gasteiger partial charge on any atom is -0.421 e. The summed E-state index contributed by atoms with van der Waals surface area (Å²) in [6, 6.07) is 0. The van der Waals surface area contributed by atoms with Crippen molar-refractivity contribution in [3.63, 3.8) is 0 Å². The molecule has 2 aromatic heterocycles. The zero-order valence-corrected chi connectivity index (χ0v) is 11.5. The summed E-state index contributed by atoms with van der Waals surface area (Å²) in [5.41, 5.74) is -0.364. The van der Waals surface area contributed by atoms with Gasteiger partial charge in [0.2, 0.25) is 5.88 Å². The first-order valence-electron chi connectivity index (χ1n) is 6.65. The summed E-state index contributed by atoms with van der Waals surface area (Å²) in [6.07, 6.45) is 2.94. The number of H-pyrrole nitrogens is 1. The quantitative estimate of drug-likeness (QED) is 0.550. The van der Waals surface area contributed by atoms with E-state index in [1.54, 1.807) is 6.92 Å². The molecule has 3 heterocycles. The second-order valence-electron chi connectivity index (χ2n) is 5.42. The molecule has 0 aromatic carbocycles. The number of hydrogen-bond acceptors (Lipinski definition) is 8. The number of ether oxygens (including phenoxy) is 1. The van der Waals surface area contributed by atoms with E-state index in [1.807, 2.05) is 4.90 Å². The Labute approximate surface area is 120 Å². The van der Waals surface area contributed by atoms with E-state index in [0.29, 0.717) is 23.4 Å². The van der Waals surface area contributed by atoms with Gasteiger partial charge in [-0.15, -0.1) is 5.10 Å². The van der Waals surface area contributed by atoms with E-state index in [0.717, 1.165) is 19.4 Å². The Kier molecular flexibility index (Phi) is 3.40. The summed E-state index contributed by atoms with van der Waals surface area (Å²) in [5, 5.41) is 35.1. The molecule has 1 atom stereocenters. The maximum Gasteiger partial charge on any atom is 0.312 e. The maximum atomic E-state index is 10.2. The maximum absolute atomic E-state index is 10.2. The van der Waals surface area contributed by atoms with Crippen LogP contribution in [0, 0.1) is 0 Å². The number of hydrogen-bond donors (Lipinski definition) is 4. The second kappa shape index (κ2) is 5.10. The number of piperidine rings is 1. The van der Waals surface area contributed by atoms with Gasteiger partial charge in [0.05, 0.1) is 5.60 Å². The number of rotatable bonds is 3. The number of anilines is 1. The Hall–Kier alpha value is -1.97. The predicted octanol–water partition coefficient (Wildman–Crippen LogP) is -0.649. The van der Waals surface area contributed by atoms with E-state index in [4.69, 9.17) is 14.9 Å². The lowest BCUT2D eigenvalue weighted by Crippen LogP contribution is -2.46. The second-order valence-corrected chi connectivity index (χ2v) is 5.42. The number of aliphatic hydroxyl groups excluding tert-OH is 1. The molecule has 114 valence electrons. The summed E-state index contributed by atoms with van der Waals surface area (Å²) in [7, 11) is 0. The van der Waals surface area contributed by atoms with Crippen molar-refractivity contribution in [3.8, 4) is 5.88 Å². The molecule has 0 aliphatic carbocycles. The lowest BCUT2D eigenvalue weighted by Gasteiger charge is -2.37. The highest BCUT2D eigenvalue weighted by Gasteiger charge is 2.31. The summed E-state index contributed by atoms with van der Waals surface area (Å²) in [4.78, 5) is 10.2. The van der Waals surface area contributed by atoms with E-state index in [-0.39, 0.29) is 5.88 Å². The summed E-state index contributed by atoms with van der Waals surface area (Å²) in [6.45, 7) is 0.955. The highest BCUT2D eigenvalue weighted by molar-refractivity contribution is 5.91. The fourth-order valence-corrected chi connectivity index (χ4v) is 2.64. The van der Waals surface area contributed by atoms with Gasteiger partial charge >= 0.3 is 6.48 Å². The van der Waals surface area contributed by atoms with Crippen LogP contribution in [0.15, 0.2) is 6.33 Å². The first-order chi connectivity index (χ1) is 9.96. The van der Waals surface area contributed by atoms with Crippen LogP contribution in [-0.4, -0.2) is 60.7 Å². The predicted molar refractivity (Wildman–Crippen MR) is 72.6 cm³/mol. The third-order valence-electron chi connectivity index (χ3n) is 3.50. The fourth-order valence-electron chi connectivity index (χ4n) is 2.64. The number of β-amino-alcohol motifs (C(OH)–C–C–N with tert-alkyl or cyclic N) is 1. The number of aromatic amines is 1. The molecule has 1 saturated heterocycles. The van der Waals surface area contributed by atoms with E-state index >= 15 is 0 Å². The van der Waals surface area contributed by atoms with Crippen LogP contribution in [0.2, 0.25) is 0 Å². The normalized spacial score (nSPS) is 23.0. The van der Waals surface area contributed by atoms with Gasteiger partial charge < -0.3 is 25.0 Å². The van der Waals surface area contributed by atoms with Gasteiger partial charge in [0.1, 0.15) is 17.5 Å². The molecule has 1 fully saturated rings. The van der Waals surface area contributed by atoms with Crippen molar-refractivity contribution in [1.29, 1.82) is 0 Å². The molecule has 0 radical (unpaired) electrons. The largest absolute Gasteiger partial charge is 0.421 e. The molecular formula is C12H17N5O4. The van der Waals surface area contributed by atoms with E-state index in [1.165, 1.54) is 6.33 Å². The SMILES string of the molecule is C[C@]1(O)CCCN(c2ncnc3[nH]nc(OC(O)O)c23)C1. The zero-order chi connectivity index (χ0) is 15.0. The van der Waals surface area contributed by atoms with Crippen molar-refractivity contribution in [2.45, 2.75) is 31.8 Å². The van der Waals surface area contributed by atoms with Gasteiger partial charge in [-0.2, -0.15) is 0 Å². The van der Waals surface area contributed by atoms with Crippen LogP contribution in [0.1, 0.15) is 19.8 Å². The van der Waals surface area contributed by atoms with Crippen LogP contribution in [0.4, 0.5) is 5.82 Å². The Morgan fingerprint density at radius 1 is 1.43 bits per heavy atom. The minimum atomic E-state index is -1.98. The molecule has 3 rings (SSSR count). The Balaban J connectivity index is 2.03. The molecular weight excluding hydrogens is 278 g/mol. The van der Waals surface area contributed by atoms with Crippen molar-refractivity contribution < 1.29 is 20.1 Å². The third-order valence-corrected chi connectivity index (χ3v) is 3.50. The standard InChI is InChI=1S/C12H17N5O4/c1-12(20)3-2-4-17(5-12)9-7-8(13-6-14-9)15-16-10(7)21-11(18)19/h6,11,18-20H,2-5H2,1H3,(H,13,14,15,16)/t12-/m0/s1. The van der Waals surface area contributed by atoms with Crippen molar-refractivity contribution in [2.75, 3.05) is 18.0 Å². The van der Waals surface area contributed by atoms with Crippen molar-refractivity contribution in [2.24, 2.45) is 0 Å². The van der Waals surface area contributed by atoms with Crippen LogP contribution in [0.5, 0.6) is 5.88 Å². The summed E-state index contributed by atoms with van der Waals surface area (Å²) < 4.78 is 4.85. The molecule has 2 aromatic rings. The van der Waals surface area contributed by atoms with Crippen molar-refractivity contribution >= 4 is 16.9 Å². The Bertz CT molecular complexity index is 642. The van der Waals surface area contributed by atoms with Gasteiger partial charge in [-0.3, -0.25) is 5.10 Å². The van der Waals surface area contributed by atoms with E-state index in [2.05, 4.69) is 20.2 Å². The van der Waals surface area contributed by atoms with E-state index in [9.17, 15) is 5.11 Å². The topological polar surface area (TPSA) is 128 Å². The molecule has 0 spiro atoms. The summed E-state index contributed by atoms with van der Waals surface area (Å²) >= 11 is 0. The van der Waals surface area contributed by atoms with Crippen LogP contribution in [0.3, 0.4) is 0 Å². The first kappa shape index (κ1) is 14.0. The van der Waals surface area contributed by atoms with Gasteiger partial charge in [0.25, 0.3) is 0 Å². The average Bonchev–Trinajstić information content (AvgIpc) is 2.80. The Morgan fingerprint density at radius 3 is 2.95 bits per heavy atom. The number of aliphatic hydroxyl groups is 3. The molecule has 9 nitrogen and oxygen atoms in total. The lowest BCUT2D eigenvalue weighted by molar-refractivity contribution is -0.180. The van der Waals surface area contributed by atoms with Crippen LogP contribution in [0.25, 0.3) is 11.0 Å². The molecule has 0 saturated carbocycles. The van der Waals surface area contributed by atoms with Gasteiger partial charge in [-0.1, -0.05) is 0 Å². The fraction of sp³-hybridized carbons (Fsp3) is 0.583. The van der Waals surface area contributed by atoms with Crippen molar-refractivity contribution in [1.82, 2.24) is 20.2 Å². The molecule has 1 aliphatic rings. The van der Waals surface area contributed by atoms with Crippen LogP contribution >= 0.6 is 0 Å². The van der Waals surface area contributed by atoms with Gasteiger partial charge in [0, 0.05) is 13.1 Å². The Morgan fingerprint density at radius 2 is 2.24 bits per heavy atom. The zero-order valence-electron chi connectivity index (χ0n) is 11.5. The highest BCUT2D eigenvalue weighted by atomic mass is 16.7. The molecule has 9 heteroatoms. The average molecular weight is 295 g/mol. The molecule has 0 unspecified atom stereocenters. The molecule has 0 bridgehead atoms. The molecule has 0 amide bonds. The smallest absolute Gasteiger partial charge is 0.312 e. The van der Waals surface area contributed by atoms with Crippen molar-refractivity contribution in [3.05, 3.63) is 6.33 Å². The van der Waals surface area contributed by atoms with E-state index < -0.39 is 12.1 Å². The third kappa shape index (κ3) is 2.75. The van der Waals surface area contributed by atoms with Crippen LogP contribution in [-0.2, 0) is 0 Å². The van der Waals surface area contributed by atoms with Gasteiger partial charge in [-0.05, 0) is 19.8 Å². The number of fused-ring (bicyclic) bond motifs is 1. The highest BCUT2D eigenvalue weighted by Crippen LogP contribution is 2.33.